The molecule has 0 fully saturated rings. The fourth-order valence-electron chi connectivity index (χ4n) is 2.11. The van der Waals surface area contributed by atoms with Crippen molar-refractivity contribution in [1.82, 2.24) is 5.32 Å². The molecule has 2 aromatic rings. The van der Waals surface area contributed by atoms with E-state index in [1.165, 1.54) is 5.56 Å². The summed E-state index contributed by atoms with van der Waals surface area (Å²) in [5, 5.41) is 3.52. The lowest BCUT2D eigenvalue weighted by Gasteiger charge is -2.12. The molecule has 0 saturated carbocycles. The van der Waals surface area contributed by atoms with E-state index >= 15 is 0 Å². The number of hydrogen-bond donors (Lipinski definition) is 1. The predicted octanol–water partition coefficient (Wildman–Crippen LogP) is 4.25. The summed E-state index contributed by atoms with van der Waals surface area (Å²) in [6.07, 6.45) is 1.04. The SMILES string of the molecule is CCSCc1ccc(CN[C@@H](C)Cc2ccccc2)o1. The molecule has 0 bridgehead atoms. The minimum absolute atomic E-state index is 0.441. The molecule has 1 heterocycles. The molecule has 0 spiro atoms. The zero-order valence-corrected chi connectivity index (χ0v) is 13.1. The Labute approximate surface area is 126 Å². The summed E-state index contributed by atoms with van der Waals surface area (Å²) in [6.45, 7) is 5.18. The molecule has 0 radical (unpaired) electrons. The van der Waals surface area contributed by atoms with Gasteiger partial charge in [0.05, 0.1) is 12.3 Å². The zero-order chi connectivity index (χ0) is 14.2. The van der Waals surface area contributed by atoms with Gasteiger partial charge in [0.15, 0.2) is 0 Å². The first-order chi connectivity index (χ1) is 9.78. The zero-order valence-electron chi connectivity index (χ0n) is 12.3. The van der Waals surface area contributed by atoms with E-state index < -0.39 is 0 Å². The van der Waals surface area contributed by atoms with E-state index in [2.05, 4.69) is 61.6 Å². The van der Waals surface area contributed by atoms with Crippen LogP contribution >= 0.6 is 11.8 Å². The van der Waals surface area contributed by atoms with Crippen LogP contribution in [-0.4, -0.2) is 11.8 Å². The van der Waals surface area contributed by atoms with Crippen LogP contribution in [0, 0.1) is 0 Å². The van der Waals surface area contributed by atoms with Gasteiger partial charge in [-0.25, -0.2) is 0 Å². The van der Waals surface area contributed by atoms with Crippen molar-refractivity contribution in [3.8, 4) is 0 Å². The van der Waals surface area contributed by atoms with E-state index in [1.54, 1.807) is 0 Å². The van der Waals surface area contributed by atoms with Gasteiger partial charge >= 0.3 is 0 Å². The summed E-state index contributed by atoms with van der Waals surface area (Å²) in [7, 11) is 0. The molecule has 108 valence electrons. The topological polar surface area (TPSA) is 25.2 Å². The quantitative estimate of drug-likeness (QED) is 0.786. The Balaban J connectivity index is 1.75. The lowest BCUT2D eigenvalue weighted by atomic mass is 10.1. The van der Waals surface area contributed by atoms with Crippen molar-refractivity contribution in [3.05, 3.63) is 59.5 Å². The molecule has 20 heavy (non-hydrogen) atoms. The van der Waals surface area contributed by atoms with E-state index in [4.69, 9.17) is 4.42 Å². The highest BCUT2D eigenvalue weighted by Gasteiger charge is 2.06. The standard InChI is InChI=1S/C17H23NOS/c1-3-20-13-17-10-9-16(19-17)12-18-14(2)11-15-7-5-4-6-8-15/h4-10,14,18H,3,11-13H2,1-2H3/t14-/m0/s1. The van der Waals surface area contributed by atoms with Gasteiger partial charge in [0, 0.05) is 6.04 Å². The van der Waals surface area contributed by atoms with Crippen molar-refractivity contribution in [2.75, 3.05) is 5.75 Å². The second-order valence-electron chi connectivity index (χ2n) is 4.98. The summed E-state index contributed by atoms with van der Waals surface area (Å²) in [4.78, 5) is 0. The maximum atomic E-state index is 5.80. The molecule has 0 amide bonds. The van der Waals surface area contributed by atoms with Gasteiger partial charge in [-0.2, -0.15) is 11.8 Å². The van der Waals surface area contributed by atoms with Crippen LogP contribution in [0.25, 0.3) is 0 Å². The molecular formula is C17H23NOS. The van der Waals surface area contributed by atoms with Crippen LogP contribution in [-0.2, 0) is 18.7 Å². The number of nitrogens with one attached hydrogen (secondary N) is 1. The normalized spacial score (nSPS) is 12.5. The van der Waals surface area contributed by atoms with Crippen molar-refractivity contribution in [3.63, 3.8) is 0 Å². The van der Waals surface area contributed by atoms with Gasteiger partial charge in [-0.1, -0.05) is 37.3 Å². The first kappa shape index (κ1) is 15.2. The Morgan fingerprint density at radius 3 is 2.60 bits per heavy atom. The molecule has 1 N–H and O–H groups in total. The molecule has 0 unspecified atom stereocenters. The number of thioether (sulfide) groups is 1. The molecule has 2 nitrogen and oxygen atoms in total. The first-order valence-electron chi connectivity index (χ1n) is 7.20. The molecule has 3 heteroatoms. The molecular weight excluding hydrogens is 266 g/mol. The van der Waals surface area contributed by atoms with Crippen LogP contribution in [0.1, 0.15) is 30.9 Å². The summed E-state index contributed by atoms with van der Waals surface area (Å²) < 4.78 is 5.80. The third-order valence-electron chi connectivity index (χ3n) is 3.18. The van der Waals surface area contributed by atoms with Gasteiger partial charge in [0.25, 0.3) is 0 Å². The smallest absolute Gasteiger partial charge is 0.118 e. The van der Waals surface area contributed by atoms with Crippen molar-refractivity contribution in [1.29, 1.82) is 0 Å². The average Bonchev–Trinajstić information content (AvgIpc) is 2.92. The van der Waals surface area contributed by atoms with Crippen LogP contribution < -0.4 is 5.32 Å². The third-order valence-corrected chi connectivity index (χ3v) is 4.07. The Hall–Kier alpha value is -1.19. The van der Waals surface area contributed by atoms with Gasteiger partial charge in [0.1, 0.15) is 11.5 Å². The average molecular weight is 289 g/mol. The summed E-state index contributed by atoms with van der Waals surface area (Å²) in [5.74, 6) is 4.19. The van der Waals surface area contributed by atoms with Crippen molar-refractivity contribution in [2.24, 2.45) is 0 Å². The Morgan fingerprint density at radius 2 is 1.85 bits per heavy atom. The van der Waals surface area contributed by atoms with Gasteiger partial charge in [-0.3, -0.25) is 0 Å². The van der Waals surface area contributed by atoms with Crippen LogP contribution in [0.15, 0.2) is 46.9 Å². The second-order valence-corrected chi connectivity index (χ2v) is 6.25. The lowest BCUT2D eigenvalue weighted by molar-refractivity contribution is 0.437. The third kappa shape index (κ3) is 5.06. The van der Waals surface area contributed by atoms with Crippen LogP contribution in [0.5, 0.6) is 0 Å². The van der Waals surface area contributed by atoms with E-state index in [9.17, 15) is 0 Å². The summed E-state index contributed by atoms with van der Waals surface area (Å²) in [5.41, 5.74) is 1.37. The van der Waals surface area contributed by atoms with E-state index in [1.807, 2.05) is 11.8 Å². The fourth-order valence-corrected chi connectivity index (χ4v) is 2.67. The van der Waals surface area contributed by atoms with E-state index in [0.29, 0.717) is 6.04 Å². The van der Waals surface area contributed by atoms with Crippen LogP contribution in [0.3, 0.4) is 0 Å². The Morgan fingerprint density at radius 1 is 1.10 bits per heavy atom. The van der Waals surface area contributed by atoms with E-state index in [-0.39, 0.29) is 0 Å². The van der Waals surface area contributed by atoms with Crippen molar-refractivity contribution >= 4 is 11.8 Å². The number of furan rings is 1. The van der Waals surface area contributed by atoms with Gasteiger partial charge in [-0.15, -0.1) is 0 Å². The molecule has 1 aromatic heterocycles. The molecule has 0 saturated heterocycles. The molecule has 0 aliphatic heterocycles. The molecule has 0 aliphatic rings. The fraction of sp³-hybridized carbons (Fsp3) is 0.412. The highest BCUT2D eigenvalue weighted by Crippen LogP contribution is 2.15. The molecule has 1 atom stereocenters. The minimum atomic E-state index is 0.441. The van der Waals surface area contributed by atoms with Crippen LogP contribution in [0.2, 0.25) is 0 Å². The minimum Gasteiger partial charge on any atom is -0.464 e. The van der Waals surface area contributed by atoms with E-state index in [0.717, 1.165) is 36.0 Å². The summed E-state index contributed by atoms with van der Waals surface area (Å²) in [6, 6.07) is 15.2. The van der Waals surface area contributed by atoms with Gasteiger partial charge < -0.3 is 9.73 Å². The highest BCUT2D eigenvalue weighted by atomic mass is 32.2. The molecule has 1 aromatic carbocycles. The van der Waals surface area contributed by atoms with Gasteiger partial charge in [0.2, 0.25) is 0 Å². The first-order valence-corrected chi connectivity index (χ1v) is 8.36. The Bertz CT molecular complexity index is 495. The van der Waals surface area contributed by atoms with Gasteiger partial charge in [-0.05, 0) is 36.8 Å². The van der Waals surface area contributed by atoms with Crippen molar-refractivity contribution in [2.45, 2.75) is 38.6 Å². The molecule has 0 aliphatic carbocycles. The maximum absolute atomic E-state index is 5.80. The highest BCUT2D eigenvalue weighted by molar-refractivity contribution is 7.98. The Kier molecular flexibility index (Phi) is 6.22. The second kappa shape index (κ2) is 8.18. The maximum Gasteiger partial charge on any atom is 0.118 e. The largest absolute Gasteiger partial charge is 0.464 e. The predicted molar refractivity (Wildman–Crippen MR) is 87.0 cm³/mol. The lowest BCUT2D eigenvalue weighted by Crippen LogP contribution is -2.27. The number of rotatable bonds is 8. The van der Waals surface area contributed by atoms with Crippen molar-refractivity contribution < 1.29 is 4.42 Å². The summed E-state index contributed by atoms with van der Waals surface area (Å²) >= 11 is 1.89. The number of hydrogen-bond acceptors (Lipinski definition) is 3. The number of benzene rings is 1. The van der Waals surface area contributed by atoms with Crippen LogP contribution in [0.4, 0.5) is 0 Å². The molecule has 2 rings (SSSR count). The monoisotopic (exact) mass is 289 g/mol.